The molecule has 3 aromatic heterocycles. The predicted octanol–water partition coefficient (Wildman–Crippen LogP) is 4.90. The third-order valence-corrected chi connectivity index (χ3v) is 4.42. The topological polar surface area (TPSA) is 29.9 Å². The molecule has 0 fully saturated rings. The molecule has 24 heavy (non-hydrogen) atoms. The molecule has 0 saturated carbocycles. The number of nitrogens with zero attached hydrogens (tertiary/aromatic N) is 2. The third-order valence-electron chi connectivity index (χ3n) is 4.42. The summed E-state index contributed by atoms with van der Waals surface area (Å²) in [5.41, 5.74) is 4.71. The molecule has 120 valence electrons. The van der Waals surface area contributed by atoms with Crippen LogP contribution in [0.1, 0.15) is 36.4 Å². The molecule has 0 bridgehead atoms. The fraction of sp³-hybridized carbons (Fsp3) is 0.238. The van der Waals surface area contributed by atoms with Crippen LogP contribution in [-0.2, 0) is 7.05 Å². The quantitative estimate of drug-likeness (QED) is 0.491. The van der Waals surface area contributed by atoms with Crippen LogP contribution in [0.5, 0.6) is 0 Å². The van der Waals surface area contributed by atoms with E-state index >= 15 is 0 Å². The first-order chi connectivity index (χ1) is 13.1. The number of pyridine rings is 2. The molecule has 0 aliphatic carbocycles. The van der Waals surface area contributed by atoms with Gasteiger partial charge in [0.25, 0.3) is 0 Å². The maximum Gasteiger partial charge on any atom is 0.212 e. The second-order valence-corrected chi connectivity index (χ2v) is 6.15. The molecule has 0 N–H and O–H groups in total. The average molecular weight is 321 g/mol. The normalized spacial score (nSPS) is 17.1. The zero-order valence-corrected chi connectivity index (χ0v) is 13.9. The Kier molecular flexibility index (Phi) is 2.49. The summed E-state index contributed by atoms with van der Waals surface area (Å²) in [6, 6.07) is 11.7. The van der Waals surface area contributed by atoms with E-state index in [-0.39, 0.29) is 5.69 Å². The molecule has 4 aromatic rings. The van der Waals surface area contributed by atoms with Crippen molar-refractivity contribution in [3.05, 3.63) is 60.0 Å². The van der Waals surface area contributed by atoms with Crippen molar-refractivity contribution in [1.82, 2.24) is 4.98 Å². The van der Waals surface area contributed by atoms with Gasteiger partial charge in [-0.1, -0.05) is 13.8 Å². The van der Waals surface area contributed by atoms with Gasteiger partial charge in [-0.3, -0.25) is 4.98 Å². The summed E-state index contributed by atoms with van der Waals surface area (Å²) in [7, 11) is 2.00. The third kappa shape index (κ3) is 2.28. The van der Waals surface area contributed by atoms with E-state index in [9.17, 15) is 0 Å². The summed E-state index contributed by atoms with van der Waals surface area (Å²) in [5.74, 6) is -1.79. The highest BCUT2D eigenvalue weighted by Crippen LogP contribution is 2.34. The van der Waals surface area contributed by atoms with Crippen molar-refractivity contribution in [3.63, 3.8) is 0 Å². The van der Waals surface area contributed by atoms with Crippen LogP contribution in [0.15, 0.2) is 53.2 Å². The van der Waals surface area contributed by atoms with Crippen molar-refractivity contribution < 1.29 is 14.5 Å². The highest BCUT2D eigenvalue weighted by atomic mass is 16.3. The van der Waals surface area contributed by atoms with Crippen LogP contribution < -0.4 is 4.57 Å². The van der Waals surface area contributed by atoms with Crippen LogP contribution in [0.2, 0.25) is 0 Å². The van der Waals surface area contributed by atoms with Gasteiger partial charge in [0.05, 0.1) is 11.8 Å². The minimum atomic E-state index is -2.47. The molecule has 3 nitrogen and oxygen atoms in total. The van der Waals surface area contributed by atoms with Gasteiger partial charge in [-0.2, -0.15) is 0 Å². The van der Waals surface area contributed by atoms with Gasteiger partial charge < -0.3 is 4.42 Å². The molecule has 0 aliphatic heterocycles. The van der Waals surface area contributed by atoms with Crippen molar-refractivity contribution in [1.29, 1.82) is 0 Å². The maximum atomic E-state index is 8.31. The molecule has 0 spiro atoms. The molecule has 1 unspecified atom stereocenters. The highest BCUT2D eigenvalue weighted by Gasteiger charge is 2.16. The van der Waals surface area contributed by atoms with Gasteiger partial charge in [0.15, 0.2) is 11.8 Å². The molecule has 1 atom stereocenters. The fourth-order valence-corrected chi connectivity index (χ4v) is 3.12. The van der Waals surface area contributed by atoms with Crippen molar-refractivity contribution in [2.24, 2.45) is 7.05 Å². The van der Waals surface area contributed by atoms with E-state index in [1.807, 2.05) is 44.4 Å². The Hall–Kier alpha value is -2.68. The summed E-state index contributed by atoms with van der Waals surface area (Å²) >= 11 is 0. The SMILES string of the molecule is [2H]C([2H])([2H])C([2H])(C)c1cc2c(cn1)oc1cc(-c3cccc[n+]3C)c(C)cc12. The van der Waals surface area contributed by atoms with Crippen molar-refractivity contribution in [2.75, 3.05) is 0 Å². The van der Waals surface area contributed by atoms with E-state index in [1.165, 1.54) is 13.1 Å². The highest BCUT2D eigenvalue weighted by molar-refractivity contribution is 6.06. The minimum absolute atomic E-state index is 0.207. The lowest BCUT2D eigenvalue weighted by Gasteiger charge is -2.05. The Morgan fingerprint density at radius 3 is 2.83 bits per heavy atom. The second-order valence-electron chi connectivity index (χ2n) is 6.15. The number of rotatable bonds is 2. The Morgan fingerprint density at radius 2 is 2.04 bits per heavy atom. The first kappa shape index (κ1) is 11.0. The first-order valence-corrected chi connectivity index (χ1v) is 7.88. The molecular formula is C21H21N2O+. The van der Waals surface area contributed by atoms with Crippen molar-refractivity contribution in [2.45, 2.75) is 26.6 Å². The van der Waals surface area contributed by atoms with E-state index < -0.39 is 12.7 Å². The Morgan fingerprint density at radius 1 is 1.21 bits per heavy atom. The van der Waals surface area contributed by atoms with Crippen LogP contribution in [0.3, 0.4) is 0 Å². The van der Waals surface area contributed by atoms with E-state index in [0.717, 1.165) is 27.6 Å². The van der Waals surface area contributed by atoms with Crippen LogP contribution in [0, 0.1) is 6.92 Å². The number of hydrogen-bond donors (Lipinski definition) is 0. The average Bonchev–Trinajstić information content (AvgIpc) is 2.97. The number of furan rings is 1. The number of hydrogen-bond acceptors (Lipinski definition) is 2. The monoisotopic (exact) mass is 321 g/mol. The van der Waals surface area contributed by atoms with Gasteiger partial charge in [-0.25, -0.2) is 4.57 Å². The largest absolute Gasteiger partial charge is 0.454 e. The second kappa shape index (κ2) is 5.45. The van der Waals surface area contributed by atoms with Crippen LogP contribution in [0.4, 0.5) is 0 Å². The van der Waals surface area contributed by atoms with Gasteiger partial charge in [0.1, 0.15) is 12.6 Å². The molecule has 3 heterocycles. The standard InChI is InChI=1S/C21H21N2O/c1-13(2)18-10-17-16-9-14(3)15(19-7-5-6-8-23(19)4)11-20(16)24-21(17)12-22-18/h5-13H,1-4H3/q+1/i1D3,13D. The Balaban J connectivity index is 1.94. The number of benzene rings is 1. The zero-order chi connectivity index (χ0) is 20.3. The molecule has 0 amide bonds. The number of fused-ring (bicyclic) bond motifs is 3. The Bertz CT molecular complexity index is 1210. The van der Waals surface area contributed by atoms with Crippen LogP contribution in [0.25, 0.3) is 33.2 Å². The molecule has 3 heteroatoms. The maximum absolute atomic E-state index is 8.31. The van der Waals surface area contributed by atoms with Crippen LogP contribution >= 0.6 is 0 Å². The smallest absolute Gasteiger partial charge is 0.212 e. The van der Waals surface area contributed by atoms with E-state index in [2.05, 4.69) is 15.6 Å². The van der Waals surface area contributed by atoms with E-state index in [0.29, 0.717) is 11.2 Å². The van der Waals surface area contributed by atoms with Gasteiger partial charge in [-0.15, -0.1) is 0 Å². The predicted molar refractivity (Wildman–Crippen MR) is 97.0 cm³/mol. The molecule has 1 aromatic carbocycles. The summed E-state index contributed by atoms with van der Waals surface area (Å²) in [6.45, 7) is 0.938. The lowest BCUT2D eigenvalue weighted by Crippen LogP contribution is -2.30. The lowest BCUT2D eigenvalue weighted by atomic mass is 10.0. The summed E-state index contributed by atoms with van der Waals surface area (Å²) in [4.78, 5) is 4.21. The lowest BCUT2D eigenvalue weighted by molar-refractivity contribution is -0.660. The molecular weight excluding hydrogens is 296 g/mol. The summed E-state index contributed by atoms with van der Waals surface area (Å²) in [5, 5.41) is 1.66. The molecule has 0 aliphatic rings. The summed E-state index contributed by atoms with van der Waals surface area (Å²) in [6.07, 6.45) is 3.51. The van der Waals surface area contributed by atoms with Crippen LogP contribution in [-0.4, -0.2) is 4.98 Å². The fourth-order valence-electron chi connectivity index (χ4n) is 3.12. The number of aryl methyl sites for hydroxylation is 2. The van der Waals surface area contributed by atoms with Crippen molar-refractivity contribution in [3.8, 4) is 11.3 Å². The first-order valence-electron chi connectivity index (χ1n) is 9.88. The molecule has 0 saturated heterocycles. The minimum Gasteiger partial charge on any atom is -0.454 e. The van der Waals surface area contributed by atoms with E-state index in [4.69, 9.17) is 9.90 Å². The number of aromatic nitrogens is 2. The molecule has 4 rings (SSSR count). The van der Waals surface area contributed by atoms with Gasteiger partial charge >= 0.3 is 0 Å². The summed E-state index contributed by atoms with van der Waals surface area (Å²) < 4.78 is 39.3. The van der Waals surface area contributed by atoms with Gasteiger partial charge in [-0.05, 0) is 42.6 Å². The molecule has 0 radical (unpaired) electrons. The van der Waals surface area contributed by atoms with Gasteiger partial charge in [0, 0.05) is 34.1 Å². The van der Waals surface area contributed by atoms with Gasteiger partial charge in [0.2, 0.25) is 5.69 Å². The van der Waals surface area contributed by atoms with E-state index in [1.54, 1.807) is 6.07 Å². The van der Waals surface area contributed by atoms with Crippen molar-refractivity contribution >= 4 is 21.9 Å². The Labute approximate surface area is 147 Å². The zero-order valence-electron chi connectivity index (χ0n) is 17.9.